The molecule has 0 bridgehead atoms. The highest BCUT2D eigenvalue weighted by Gasteiger charge is 2.49. The summed E-state index contributed by atoms with van der Waals surface area (Å²) in [5.74, 6) is 0.940. The average Bonchev–Trinajstić information content (AvgIpc) is 3.63. The van der Waals surface area contributed by atoms with Crippen LogP contribution in [0.25, 0.3) is 11.1 Å². The van der Waals surface area contributed by atoms with Gasteiger partial charge in [-0.2, -0.15) is 5.26 Å². The van der Waals surface area contributed by atoms with E-state index in [2.05, 4.69) is 22.9 Å². The van der Waals surface area contributed by atoms with Gasteiger partial charge in [-0.1, -0.05) is 61.7 Å². The van der Waals surface area contributed by atoms with Crippen LogP contribution in [0.2, 0.25) is 0 Å². The summed E-state index contributed by atoms with van der Waals surface area (Å²) in [6.07, 6.45) is 6.28. The van der Waals surface area contributed by atoms with Crippen molar-refractivity contribution in [3.8, 4) is 17.2 Å². The summed E-state index contributed by atoms with van der Waals surface area (Å²) in [5, 5.41) is 13.9. The van der Waals surface area contributed by atoms with Crippen molar-refractivity contribution in [2.75, 3.05) is 4.72 Å². The number of aromatic nitrogens is 1. The number of hydrogen-bond donors (Lipinski definition) is 1. The summed E-state index contributed by atoms with van der Waals surface area (Å²) >= 11 is 0. The SMILES string of the molecule is CCCCC1=NC2(CCCC2)C(=O)N1Cc1ccc(-c2ccccc2S(=O)(=O)Nc2onc(C)c2C)c(C#N)c1. The van der Waals surface area contributed by atoms with Crippen LogP contribution in [0.3, 0.4) is 0 Å². The van der Waals surface area contributed by atoms with Crippen LogP contribution in [0.1, 0.15) is 74.3 Å². The minimum atomic E-state index is -4.05. The van der Waals surface area contributed by atoms with Crippen LogP contribution >= 0.6 is 0 Å². The van der Waals surface area contributed by atoms with Gasteiger partial charge >= 0.3 is 0 Å². The Balaban J connectivity index is 1.46. The molecule has 1 amide bonds. The highest BCUT2D eigenvalue weighted by atomic mass is 32.2. The van der Waals surface area contributed by atoms with Crippen molar-refractivity contribution in [2.24, 2.45) is 4.99 Å². The van der Waals surface area contributed by atoms with Crippen LogP contribution < -0.4 is 4.72 Å². The fourth-order valence-electron chi connectivity index (χ4n) is 5.51. The molecule has 0 saturated heterocycles. The molecular formula is C30H33N5O4S. The fraction of sp³-hybridized carbons (Fsp3) is 0.400. The first-order valence-electron chi connectivity index (χ1n) is 13.7. The van der Waals surface area contributed by atoms with Crippen LogP contribution in [0.5, 0.6) is 0 Å². The van der Waals surface area contributed by atoms with Gasteiger partial charge in [0.25, 0.3) is 15.9 Å². The van der Waals surface area contributed by atoms with E-state index in [9.17, 15) is 18.5 Å². The largest absolute Gasteiger partial charge is 0.337 e. The number of benzene rings is 2. The minimum Gasteiger partial charge on any atom is -0.337 e. The van der Waals surface area contributed by atoms with Gasteiger partial charge in [-0.05, 0) is 50.8 Å². The molecule has 1 aliphatic carbocycles. The summed E-state index contributed by atoms with van der Waals surface area (Å²) in [5.41, 5.74) is 2.55. The summed E-state index contributed by atoms with van der Waals surface area (Å²) < 4.78 is 34.4. The van der Waals surface area contributed by atoms with Crippen molar-refractivity contribution in [3.05, 3.63) is 64.8 Å². The number of nitrogens with one attached hydrogen (secondary N) is 1. The van der Waals surface area contributed by atoms with Gasteiger partial charge in [0.15, 0.2) is 0 Å². The number of sulfonamides is 1. The average molecular weight is 560 g/mol. The molecule has 1 fully saturated rings. The van der Waals surface area contributed by atoms with Crippen molar-refractivity contribution < 1.29 is 17.7 Å². The highest BCUT2D eigenvalue weighted by Crippen LogP contribution is 2.40. The summed E-state index contributed by atoms with van der Waals surface area (Å²) in [6.45, 7) is 5.89. The maximum Gasteiger partial charge on any atom is 0.264 e. The molecule has 0 radical (unpaired) electrons. The molecule has 3 aromatic rings. The van der Waals surface area contributed by atoms with E-state index in [-0.39, 0.29) is 16.7 Å². The number of nitriles is 1. The standard InChI is InChI=1S/C30H33N5O4S/c1-4-5-12-27-32-30(15-8-9-16-30)29(36)35(27)19-22-13-14-24(23(17-22)18-31)25-10-6-7-11-26(25)40(37,38)34-28-20(2)21(3)33-39-28/h6-7,10-11,13-14,17,34H,4-5,8-9,12,15-16,19H2,1-3H3. The van der Waals surface area contributed by atoms with E-state index in [1.807, 2.05) is 6.07 Å². The third-order valence-electron chi connectivity index (χ3n) is 7.88. The Morgan fingerprint density at radius 3 is 2.55 bits per heavy atom. The zero-order valence-corrected chi connectivity index (χ0v) is 23.8. The first-order valence-corrected chi connectivity index (χ1v) is 15.2. The molecular weight excluding hydrogens is 526 g/mol. The number of hydrogen-bond acceptors (Lipinski definition) is 7. The van der Waals surface area contributed by atoms with Crippen LogP contribution in [-0.4, -0.2) is 35.8 Å². The molecule has 2 aromatic carbocycles. The first kappa shape index (κ1) is 27.6. The van der Waals surface area contributed by atoms with Crippen LogP contribution in [0, 0.1) is 25.2 Å². The molecule has 10 heteroatoms. The number of carbonyl (C=O) groups excluding carboxylic acids is 1. The molecule has 1 saturated carbocycles. The maximum absolute atomic E-state index is 13.5. The lowest BCUT2D eigenvalue weighted by Crippen LogP contribution is -2.40. The lowest BCUT2D eigenvalue weighted by molar-refractivity contribution is -0.131. The van der Waals surface area contributed by atoms with E-state index in [1.165, 1.54) is 6.07 Å². The zero-order valence-electron chi connectivity index (χ0n) is 23.0. The molecule has 1 N–H and O–H groups in total. The second-order valence-electron chi connectivity index (χ2n) is 10.6. The molecule has 2 aliphatic rings. The second kappa shape index (κ2) is 10.9. The quantitative estimate of drug-likeness (QED) is 0.349. The lowest BCUT2D eigenvalue weighted by Gasteiger charge is -2.23. The Labute approximate surface area is 234 Å². The number of amidine groups is 1. The molecule has 40 heavy (non-hydrogen) atoms. The first-order chi connectivity index (χ1) is 19.2. The summed E-state index contributed by atoms with van der Waals surface area (Å²) in [7, 11) is -4.05. The molecule has 208 valence electrons. The van der Waals surface area contributed by atoms with Gasteiger partial charge in [-0.3, -0.25) is 14.7 Å². The number of nitrogens with zero attached hydrogens (tertiary/aromatic N) is 4. The Morgan fingerprint density at radius 1 is 1.12 bits per heavy atom. The van der Waals surface area contributed by atoms with Crippen molar-refractivity contribution in [1.82, 2.24) is 10.1 Å². The molecule has 2 heterocycles. The molecule has 1 spiro atoms. The van der Waals surface area contributed by atoms with Gasteiger partial charge in [0, 0.05) is 23.1 Å². The number of aliphatic imine (C=N–C) groups is 1. The van der Waals surface area contributed by atoms with Crippen LogP contribution in [-0.2, 0) is 21.4 Å². The number of carbonyl (C=O) groups is 1. The number of unbranched alkanes of at least 4 members (excludes halogenated alkanes) is 1. The predicted molar refractivity (Wildman–Crippen MR) is 152 cm³/mol. The zero-order chi connectivity index (χ0) is 28.5. The van der Waals surface area contributed by atoms with E-state index in [0.29, 0.717) is 34.5 Å². The smallest absolute Gasteiger partial charge is 0.264 e. The van der Waals surface area contributed by atoms with Crippen molar-refractivity contribution in [1.29, 1.82) is 5.26 Å². The van der Waals surface area contributed by atoms with Gasteiger partial charge < -0.3 is 4.52 Å². The third kappa shape index (κ3) is 5.02. The number of amides is 1. The van der Waals surface area contributed by atoms with Crippen molar-refractivity contribution in [2.45, 2.75) is 82.7 Å². The van der Waals surface area contributed by atoms with Gasteiger partial charge in [0.2, 0.25) is 5.88 Å². The van der Waals surface area contributed by atoms with Crippen molar-refractivity contribution >= 4 is 27.7 Å². The van der Waals surface area contributed by atoms with E-state index < -0.39 is 15.6 Å². The molecule has 1 aromatic heterocycles. The van der Waals surface area contributed by atoms with Gasteiger partial charge in [0.1, 0.15) is 11.4 Å². The number of anilines is 1. The molecule has 9 nitrogen and oxygen atoms in total. The number of aryl methyl sites for hydroxylation is 1. The molecule has 0 unspecified atom stereocenters. The predicted octanol–water partition coefficient (Wildman–Crippen LogP) is 5.87. The molecule has 0 atom stereocenters. The fourth-order valence-corrected chi connectivity index (χ4v) is 6.78. The Hall–Kier alpha value is -3.97. The Kier molecular flexibility index (Phi) is 7.51. The van der Waals surface area contributed by atoms with E-state index in [1.54, 1.807) is 49.1 Å². The monoisotopic (exact) mass is 559 g/mol. The molecule has 1 aliphatic heterocycles. The third-order valence-corrected chi connectivity index (χ3v) is 9.27. The summed E-state index contributed by atoms with van der Waals surface area (Å²) in [4.78, 5) is 20.3. The van der Waals surface area contributed by atoms with Crippen LogP contribution in [0.4, 0.5) is 5.88 Å². The second-order valence-corrected chi connectivity index (χ2v) is 12.2. The van der Waals surface area contributed by atoms with E-state index in [4.69, 9.17) is 9.52 Å². The minimum absolute atomic E-state index is 0.0135. The van der Waals surface area contributed by atoms with Gasteiger partial charge in [-0.15, -0.1) is 0 Å². The molecule has 5 rings (SSSR count). The normalized spacial score (nSPS) is 16.4. The van der Waals surface area contributed by atoms with E-state index in [0.717, 1.165) is 56.3 Å². The van der Waals surface area contributed by atoms with E-state index >= 15 is 0 Å². The Bertz CT molecular complexity index is 1630. The highest BCUT2D eigenvalue weighted by molar-refractivity contribution is 7.92. The lowest BCUT2D eigenvalue weighted by atomic mass is 9.96. The topological polar surface area (TPSA) is 129 Å². The van der Waals surface area contributed by atoms with Gasteiger partial charge in [0.05, 0.1) is 28.8 Å². The maximum atomic E-state index is 13.5. The number of rotatable bonds is 9. The Morgan fingerprint density at radius 2 is 1.88 bits per heavy atom. The van der Waals surface area contributed by atoms with Crippen molar-refractivity contribution in [3.63, 3.8) is 0 Å². The summed E-state index contributed by atoms with van der Waals surface area (Å²) in [6, 6.07) is 14.1. The van der Waals surface area contributed by atoms with Crippen LogP contribution in [0.15, 0.2) is 56.9 Å². The van der Waals surface area contributed by atoms with Gasteiger partial charge in [-0.25, -0.2) is 13.1 Å².